The highest BCUT2D eigenvalue weighted by Crippen LogP contribution is 2.40. The van der Waals surface area contributed by atoms with E-state index in [0.29, 0.717) is 18.3 Å². The third kappa shape index (κ3) is 1.46. The van der Waals surface area contributed by atoms with Gasteiger partial charge in [0.2, 0.25) is 0 Å². The van der Waals surface area contributed by atoms with Crippen LogP contribution in [-0.4, -0.2) is 29.7 Å². The summed E-state index contributed by atoms with van der Waals surface area (Å²) < 4.78 is 0. The van der Waals surface area contributed by atoms with E-state index < -0.39 is 0 Å². The van der Waals surface area contributed by atoms with Gasteiger partial charge in [-0.15, -0.1) is 0 Å². The molecular weight excluding hydrogens is 238 g/mol. The Balaban J connectivity index is 1.84. The number of aliphatic imine (C=N–C) groups is 1. The molecule has 0 radical (unpaired) electrons. The van der Waals surface area contributed by atoms with Crippen LogP contribution < -0.4 is 5.32 Å². The molecule has 4 aliphatic rings. The number of carbonyl (C=O) groups is 1. The first kappa shape index (κ1) is 10.8. The van der Waals surface area contributed by atoms with Crippen LogP contribution in [0.4, 0.5) is 0 Å². The average Bonchev–Trinajstić information content (AvgIpc) is 2.92. The van der Waals surface area contributed by atoms with Crippen molar-refractivity contribution >= 4 is 11.7 Å². The molecule has 0 saturated carbocycles. The molecule has 1 atom stereocenters. The van der Waals surface area contributed by atoms with Crippen molar-refractivity contribution in [3.63, 3.8) is 0 Å². The smallest absolute Gasteiger partial charge is 0.291 e. The fraction of sp³-hybridized carbons (Fsp3) is 0.333. The molecule has 2 aliphatic heterocycles. The van der Waals surface area contributed by atoms with Crippen molar-refractivity contribution in [2.24, 2.45) is 10.9 Å². The Morgan fingerprint density at radius 3 is 3.26 bits per heavy atom. The van der Waals surface area contributed by atoms with Crippen molar-refractivity contribution in [2.45, 2.75) is 13.3 Å². The zero-order chi connectivity index (χ0) is 13.0. The maximum absolute atomic E-state index is 12.1. The average molecular weight is 253 g/mol. The van der Waals surface area contributed by atoms with Crippen LogP contribution in [0.3, 0.4) is 0 Å². The first-order chi connectivity index (χ1) is 9.24. The highest BCUT2D eigenvalue weighted by molar-refractivity contribution is 6.39. The predicted molar refractivity (Wildman–Crippen MR) is 73.3 cm³/mol. The molecule has 2 heterocycles. The van der Waals surface area contributed by atoms with Crippen LogP contribution in [0.25, 0.3) is 0 Å². The van der Waals surface area contributed by atoms with Crippen LogP contribution >= 0.6 is 0 Å². The van der Waals surface area contributed by atoms with E-state index in [1.807, 2.05) is 0 Å². The molecule has 19 heavy (non-hydrogen) atoms. The lowest BCUT2D eigenvalue weighted by atomic mass is 10.0. The Morgan fingerprint density at radius 2 is 2.37 bits per heavy atom. The molecule has 4 nitrogen and oxygen atoms in total. The molecule has 0 bridgehead atoms. The number of amides is 1. The molecular formula is C15H15N3O. The molecule has 96 valence electrons. The highest BCUT2D eigenvalue weighted by atomic mass is 16.2. The Morgan fingerprint density at radius 1 is 1.47 bits per heavy atom. The monoisotopic (exact) mass is 253 g/mol. The van der Waals surface area contributed by atoms with Gasteiger partial charge in [0.1, 0.15) is 0 Å². The summed E-state index contributed by atoms with van der Waals surface area (Å²) >= 11 is 0. The summed E-state index contributed by atoms with van der Waals surface area (Å²) in [6.45, 7) is 3.72. The number of fused-ring (bicyclic) bond motifs is 4. The summed E-state index contributed by atoms with van der Waals surface area (Å²) in [6, 6.07) is 0. The van der Waals surface area contributed by atoms with Gasteiger partial charge < -0.3 is 10.2 Å². The molecule has 0 fully saturated rings. The van der Waals surface area contributed by atoms with Gasteiger partial charge in [0.05, 0.1) is 12.2 Å². The normalized spacial score (nSPS) is 28.1. The number of hydrogen-bond donors (Lipinski definition) is 1. The van der Waals surface area contributed by atoms with Gasteiger partial charge in [0.25, 0.3) is 5.91 Å². The van der Waals surface area contributed by atoms with Gasteiger partial charge in [-0.2, -0.15) is 0 Å². The lowest BCUT2D eigenvalue weighted by Gasteiger charge is -2.27. The number of carbonyl (C=O) groups excluding carboxylic acids is 1. The van der Waals surface area contributed by atoms with Gasteiger partial charge >= 0.3 is 0 Å². The molecule has 0 aromatic carbocycles. The largest absolute Gasteiger partial charge is 0.322 e. The molecule has 1 N–H and O–H groups in total. The van der Waals surface area contributed by atoms with E-state index in [4.69, 9.17) is 0 Å². The molecule has 1 unspecified atom stereocenters. The number of rotatable bonds is 0. The van der Waals surface area contributed by atoms with Crippen molar-refractivity contribution < 1.29 is 4.79 Å². The van der Waals surface area contributed by atoms with E-state index in [-0.39, 0.29) is 5.91 Å². The van der Waals surface area contributed by atoms with Gasteiger partial charge in [-0.05, 0) is 11.5 Å². The Kier molecular flexibility index (Phi) is 2.10. The van der Waals surface area contributed by atoms with Crippen LogP contribution in [0.5, 0.6) is 0 Å². The SMILES string of the molecule is CC1C=CC=C2C(=C1)CC1=C2NC(=O)C2=NCCN21. The second-order valence-corrected chi connectivity index (χ2v) is 5.33. The van der Waals surface area contributed by atoms with Crippen LogP contribution in [-0.2, 0) is 4.79 Å². The Bertz CT molecular complexity index is 634. The first-order valence-corrected chi connectivity index (χ1v) is 6.70. The van der Waals surface area contributed by atoms with Gasteiger partial charge in [0.15, 0.2) is 5.84 Å². The quantitative estimate of drug-likeness (QED) is 0.711. The lowest BCUT2D eigenvalue weighted by molar-refractivity contribution is -0.115. The second kappa shape index (κ2) is 3.70. The molecule has 0 aromatic rings. The number of allylic oxidation sites excluding steroid dienone is 6. The fourth-order valence-electron chi connectivity index (χ4n) is 3.16. The van der Waals surface area contributed by atoms with E-state index in [2.05, 4.69) is 46.4 Å². The summed E-state index contributed by atoms with van der Waals surface area (Å²) in [5, 5.41) is 3.02. The molecule has 0 saturated heterocycles. The maximum atomic E-state index is 12.1. The zero-order valence-electron chi connectivity index (χ0n) is 10.8. The number of nitrogens with one attached hydrogen (secondary N) is 1. The van der Waals surface area contributed by atoms with Crippen molar-refractivity contribution in [1.82, 2.24) is 10.2 Å². The van der Waals surface area contributed by atoms with Gasteiger partial charge in [-0.3, -0.25) is 9.79 Å². The Hall–Kier alpha value is -2.10. The fourth-order valence-corrected chi connectivity index (χ4v) is 3.16. The van der Waals surface area contributed by atoms with E-state index in [0.717, 1.165) is 24.2 Å². The minimum atomic E-state index is -0.0697. The molecule has 4 rings (SSSR count). The number of nitrogens with zero attached hydrogens (tertiary/aromatic N) is 2. The minimum Gasteiger partial charge on any atom is -0.322 e. The minimum absolute atomic E-state index is 0.0697. The summed E-state index contributed by atoms with van der Waals surface area (Å²) in [4.78, 5) is 18.4. The third-order valence-corrected chi connectivity index (χ3v) is 4.01. The standard InChI is InChI=1S/C15H15N3O/c1-9-3-2-4-11-10(7-9)8-12-13(11)17-15(19)14-16-5-6-18(12)14/h2-4,7,9H,5-6,8H2,1H3,(H,17,19). The highest BCUT2D eigenvalue weighted by Gasteiger charge is 2.39. The van der Waals surface area contributed by atoms with Crippen molar-refractivity contribution in [2.75, 3.05) is 13.1 Å². The molecule has 1 amide bonds. The zero-order valence-corrected chi connectivity index (χ0v) is 10.8. The number of hydrogen-bond acceptors (Lipinski definition) is 3. The van der Waals surface area contributed by atoms with Crippen LogP contribution in [0, 0.1) is 5.92 Å². The summed E-state index contributed by atoms with van der Waals surface area (Å²) in [5.41, 5.74) is 4.66. The van der Waals surface area contributed by atoms with Crippen LogP contribution in [0.1, 0.15) is 13.3 Å². The first-order valence-electron chi connectivity index (χ1n) is 6.70. The Labute approximate surface area is 111 Å². The van der Waals surface area contributed by atoms with Crippen LogP contribution in [0.2, 0.25) is 0 Å². The third-order valence-electron chi connectivity index (χ3n) is 4.01. The summed E-state index contributed by atoms with van der Waals surface area (Å²) in [5.74, 6) is 0.951. The van der Waals surface area contributed by atoms with E-state index in [1.54, 1.807) is 0 Å². The molecule has 4 heteroatoms. The van der Waals surface area contributed by atoms with E-state index >= 15 is 0 Å². The molecule has 2 aliphatic carbocycles. The number of amidine groups is 1. The maximum Gasteiger partial charge on any atom is 0.291 e. The van der Waals surface area contributed by atoms with Gasteiger partial charge in [-0.1, -0.05) is 31.2 Å². The molecule has 0 aromatic heterocycles. The second-order valence-electron chi connectivity index (χ2n) is 5.33. The molecule has 0 spiro atoms. The lowest BCUT2D eigenvalue weighted by Crippen LogP contribution is -2.45. The van der Waals surface area contributed by atoms with Crippen molar-refractivity contribution in [3.8, 4) is 0 Å². The van der Waals surface area contributed by atoms with Crippen LogP contribution in [0.15, 0.2) is 51.8 Å². The van der Waals surface area contributed by atoms with Crippen molar-refractivity contribution in [1.29, 1.82) is 0 Å². The van der Waals surface area contributed by atoms with E-state index in [9.17, 15) is 4.79 Å². The van der Waals surface area contributed by atoms with Gasteiger partial charge in [-0.25, -0.2) is 0 Å². The van der Waals surface area contributed by atoms with E-state index in [1.165, 1.54) is 11.3 Å². The summed E-state index contributed by atoms with van der Waals surface area (Å²) in [7, 11) is 0. The van der Waals surface area contributed by atoms with Gasteiger partial charge in [0, 0.05) is 24.2 Å². The topological polar surface area (TPSA) is 44.7 Å². The predicted octanol–water partition coefficient (Wildman–Crippen LogP) is 1.50. The van der Waals surface area contributed by atoms with Crippen molar-refractivity contribution in [3.05, 3.63) is 46.8 Å². The summed E-state index contributed by atoms with van der Waals surface area (Å²) in [6.07, 6.45) is 9.54.